The Hall–Kier alpha value is -2.73. The number of imidazole rings is 1. The zero-order valence-electron chi connectivity index (χ0n) is 13.1. The number of nitrogens with one attached hydrogen (secondary N) is 1. The molecule has 1 aromatic heterocycles. The summed E-state index contributed by atoms with van der Waals surface area (Å²) in [6.45, 7) is -3.11. The molecule has 2 heterocycles. The lowest BCUT2D eigenvalue weighted by Gasteiger charge is -2.21. The first kappa shape index (κ1) is 18.1. The monoisotopic (exact) mass is 389 g/mol. The Morgan fingerprint density at radius 3 is 2.77 bits per heavy atom. The third kappa shape index (κ3) is 3.46. The topological polar surface area (TPSA) is 120 Å². The summed E-state index contributed by atoms with van der Waals surface area (Å²) < 4.78 is 63.6. The summed E-state index contributed by atoms with van der Waals surface area (Å²) in [7, 11) is -4.22. The molecule has 0 atom stereocenters. The molecule has 0 saturated carbocycles. The molecule has 0 fully saturated rings. The fourth-order valence-corrected chi connectivity index (χ4v) is 3.36. The smallest absolute Gasteiger partial charge is 0.339 e. The summed E-state index contributed by atoms with van der Waals surface area (Å²) in [6, 6.07) is 2.03. The highest BCUT2D eigenvalue weighted by Crippen LogP contribution is 2.36. The van der Waals surface area contributed by atoms with E-state index in [-0.39, 0.29) is 36.1 Å². The number of aromatic carboxylic acids is 1. The van der Waals surface area contributed by atoms with Gasteiger partial charge in [-0.05, 0) is 6.07 Å². The molecular weight excluding hydrogens is 376 g/mol. The predicted octanol–water partition coefficient (Wildman–Crippen LogP) is 1.23. The number of halogens is 2. The predicted molar refractivity (Wildman–Crippen MR) is 81.9 cm³/mol. The van der Waals surface area contributed by atoms with Crippen molar-refractivity contribution in [3.05, 3.63) is 35.9 Å². The molecule has 26 heavy (non-hydrogen) atoms. The molecule has 1 aliphatic heterocycles. The standard InChI is InChI=1S/C14H13F2N3O6S/c15-14(16)19-2-1-17-11(19)7-18-26(22,23)8-5-9(13(20)21)12-10(6-8)24-3-4-25-12/h1-2,5-6,14,18H,3-4,7H2,(H,20,21). The van der Waals surface area contributed by atoms with E-state index in [0.29, 0.717) is 4.57 Å². The van der Waals surface area contributed by atoms with Crippen molar-refractivity contribution in [2.75, 3.05) is 13.2 Å². The number of carboxylic acids is 1. The largest absolute Gasteiger partial charge is 0.486 e. The lowest BCUT2D eigenvalue weighted by Crippen LogP contribution is -2.26. The molecule has 2 N–H and O–H groups in total. The van der Waals surface area contributed by atoms with Crippen LogP contribution in [0.5, 0.6) is 11.5 Å². The van der Waals surface area contributed by atoms with Crippen LogP contribution in [0.25, 0.3) is 0 Å². The number of carboxylic acid groups (broad SMARTS) is 1. The van der Waals surface area contributed by atoms with Crippen molar-refractivity contribution in [1.29, 1.82) is 0 Å². The van der Waals surface area contributed by atoms with E-state index in [1.807, 2.05) is 0 Å². The molecular formula is C14H13F2N3O6S. The average molecular weight is 389 g/mol. The maximum absolute atomic E-state index is 12.8. The molecule has 1 aliphatic rings. The van der Waals surface area contributed by atoms with Crippen LogP contribution in [0.1, 0.15) is 22.7 Å². The highest BCUT2D eigenvalue weighted by Gasteiger charge is 2.26. The lowest BCUT2D eigenvalue weighted by molar-refractivity contribution is 0.0665. The highest BCUT2D eigenvalue weighted by molar-refractivity contribution is 7.89. The number of rotatable bonds is 6. The fourth-order valence-electron chi connectivity index (χ4n) is 2.34. The van der Waals surface area contributed by atoms with Gasteiger partial charge < -0.3 is 14.6 Å². The van der Waals surface area contributed by atoms with Crippen LogP contribution in [0.4, 0.5) is 8.78 Å². The molecule has 0 bridgehead atoms. The third-order valence-corrected chi connectivity index (χ3v) is 4.92. The number of benzene rings is 1. The van der Waals surface area contributed by atoms with E-state index in [1.54, 1.807) is 0 Å². The Bertz CT molecular complexity index is 944. The van der Waals surface area contributed by atoms with E-state index >= 15 is 0 Å². The first-order chi connectivity index (χ1) is 12.3. The van der Waals surface area contributed by atoms with Crippen LogP contribution in [0.3, 0.4) is 0 Å². The van der Waals surface area contributed by atoms with E-state index in [0.717, 1.165) is 24.5 Å². The second kappa shape index (κ2) is 6.88. The van der Waals surface area contributed by atoms with Crippen LogP contribution in [0.15, 0.2) is 29.4 Å². The van der Waals surface area contributed by atoms with Crippen LogP contribution < -0.4 is 14.2 Å². The van der Waals surface area contributed by atoms with Gasteiger partial charge in [-0.1, -0.05) is 0 Å². The lowest BCUT2D eigenvalue weighted by atomic mass is 10.2. The molecule has 0 amide bonds. The number of sulfonamides is 1. The fraction of sp³-hybridized carbons (Fsp3) is 0.286. The van der Waals surface area contributed by atoms with Gasteiger partial charge in [0, 0.05) is 18.5 Å². The molecule has 0 spiro atoms. The second-order valence-corrected chi connectivity index (χ2v) is 6.92. The molecule has 0 saturated heterocycles. The Labute approximate surface area is 146 Å². The zero-order chi connectivity index (χ0) is 18.9. The summed E-state index contributed by atoms with van der Waals surface area (Å²) in [5.74, 6) is -1.67. The van der Waals surface area contributed by atoms with Crippen molar-refractivity contribution in [1.82, 2.24) is 14.3 Å². The van der Waals surface area contributed by atoms with Crippen molar-refractivity contribution in [3.63, 3.8) is 0 Å². The van der Waals surface area contributed by atoms with E-state index in [9.17, 15) is 27.1 Å². The number of aromatic nitrogens is 2. The highest BCUT2D eigenvalue weighted by atomic mass is 32.2. The molecule has 12 heteroatoms. The van der Waals surface area contributed by atoms with Crippen molar-refractivity contribution in [3.8, 4) is 11.5 Å². The van der Waals surface area contributed by atoms with Crippen LogP contribution in [-0.4, -0.2) is 42.3 Å². The van der Waals surface area contributed by atoms with Gasteiger partial charge in [0.15, 0.2) is 11.5 Å². The average Bonchev–Trinajstić information content (AvgIpc) is 3.08. The van der Waals surface area contributed by atoms with Gasteiger partial charge >= 0.3 is 12.5 Å². The summed E-state index contributed by atoms with van der Waals surface area (Å²) in [5, 5.41) is 9.26. The molecule has 1 aromatic carbocycles. The van der Waals surface area contributed by atoms with Gasteiger partial charge in [-0.15, -0.1) is 0 Å². The van der Waals surface area contributed by atoms with Crippen molar-refractivity contribution < 1.29 is 36.6 Å². The normalized spacial score (nSPS) is 13.8. The van der Waals surface area contributed by atoms with Crippen LogP contribution in [-0.2, 0) is 16.6 Å². The van der Waals surface area contributed by atoms with Gasteiger partial charge in [-0.25, -0.2) is 22.9 Å². The Kier molecular flexibility index (Phi) is 4.78. The molecule has 0 aliphatic carbocycles. The van der Waals surface area contributed by atoms with E-state index in [1.165, 1.54) is 0 Å². The second-order valence-electron chi connectivity index (χ2n) is 5.15. The number of carbonyl (C=O) groups is 1. The summed E-state index contributed by atoms with van der Waals surface area (Å²) in [4.78, 5) is 14.6. The van der Waals surface area contributed by atoms with Gasteiger partial charge in [0.1, 0.15) is 24.6 Å². The molecule has 0 radical (unpaired) electrons. The molecule has 0 unspecified atom stereocenters. The molecule has 9 nitrogen and oxygen atoms in total. The minimum Gasteiger partial charge on any atom is -0.486 e. The van der Waals surface area contributed by atoms with E-state index < -0.39 is 34.0 Å². The number of hydrogen-bond acceptors (Lipinski definition) is 6. The Morgan fingerprint density at radius 2 is 2.08 bits per heavy atom. The van der Waals surface area contributed by atoms with Gasteiger partial charge in [-0.3, -0.25) is 4.57 Å². The number of fused-ring (bicyclic) bond motifs is 1. The van der Waals surface area contributed by atoms with Crippen LogP contribution >= 0.6 is 0 Å². The van der Waals surface area contributed by atoms with Crippen LogP contribution in [0.2, 0.25) is 0 Å². The molecule has 3 rings (SSSR count). The van der Waals surface area contributed by atoms with Crippen LogP contribution in [0, 0.1) is 0 Å². The molecule has 2 aromatic rings. The van der Waals surface area contributed by atoms with Gasteiger partial charge in [-0.2, -0.15) is 8.78 Å². The maximum Gasteiger partial charge on any atom is 0.339 e. The summed E-state index contributed by atoms with van der Waals surface area (Å²) >= 11 is 0. The minimum absolute atomic E-state index is 0.0226. The SMILES string of the molecule is O=C(O)c1cc(S(=O)(=O)NCc2nccn2C(F)F)cc2c1OCCO2. The number of alkyl halides is 2. The molecule has 140 valence electrons. The number of ether oxygens (including phenoxy) is 2. The van der Waals surface area contributed by atoms with Crippen molar-refractivity contribution in [2.45, 2.75) is 18.0 Å². The summed E-state index contributed by atoms with van der Waals surface area (Å²) in [6.07, 6.45) is 2.13. The maximum atomic E-state index is 12.8. The third-order valence-electron chi connectivity index (χ3n) is 3.54. The van der Waals surface area contributed by atoms with Gasteiger partial charge in [0.25, 0.3) is 0 Å². The quantitative estimate of drug-likeness (QED) is 0.762. The van der Waals surface area contributed by atoms with Crippen molar-refractivity contribution in [2.24, 2.45) is 0 Å². The van der Waals surface area contributed by atoms with Gasteiger partial charge in [0.2, 0.25) is 10.0 Å². The first-order valence-corrected chi connectivity index (χ1v) is 8.74. The first-order valence-electron chi connectivity index (χ1n) is 7.26. The zero-order valence-corrected chi connectivity index (χ0v) is 13.9. The van der Waals surface area contributed by atoms with E-state index in [2.05, 4.69) is 9.71 Å². The summed E-state index contributed by atoms with van der Waals surface area (Å²) in [5.41, 5.74) is -0.378. The number of hydrogen-bond donors (Lipinski definition) is 2. The Balaban J connectivity index is 1.90. The van der Waals surface area contributed by atoms with Gasteiger partial charge in [0.05, 0.1) is 11.4 Å². The Morgan fingerprint density at radius 1 is 1.35 bits per heavy atom. The minimum atomic E-state index is -4.22. The number of nitrogens with zero attached hydrogens (tertiary/aromatic N) is 2. The van der Waals surface area contributed by atoms with E-state index in [4.69, 9.17) is 9.47 Å². The van der Waals surface area contributed by atoms with Crippen molar-refractivity contribution >= 4 is 16.0 Å².